The normalized spacial score (nSPS) is 8.68. The minimum absolute atomic E-state index is 0. The van der Waals surface area contributed by atoms with Gasteiger partial charge in [-0.05, 0) is 0 Å². The Hall–Kier alpha value is -3.29. The van der Waals surface area contributed by atoms with Gasteiger partial charge in [0.25, 0.3) is 0 Å². The summed E-state index contributed by atoms with van der Waals surface area (Å²) in [5, 5.41) is 23.1. The topological polar surface area (TPSA) is 228 Å². The molecule has 0 saturated heterocycles. The molecule has 4 N–H and O–H groups in total. The van der Waals surface area contributed by atoms with E-state index in [1.807, 2.05) is 163 Å². The van der Waals surface area contributed by atoms with Crippen molar-refractivity contribution in [3.63, 3.8) is 0 Å². The standard InChI is InChI=1S/2C8H7N4.2C6H5.3C2H6.2CH5NO3S.2Y/c2*1-2-4-8(5-3-1)11-12-6-9-10-7-12;2*1-2-4-6-5-3-1;3*1-2;2*1-5-6(2,3)4;;/h2*1-7H;2*1-5H;3*1-2H3;2*1H3,(H2,2,3,4);;/q4*-1;;;;;;;. The maximum absolute atomic E-state index is 9.56. The van der Waals surface area contributed by atoms with E-state index in [0.717, 1.165) is 25.6 Å². The van der Waals surface area contributed by atoms with E-state index in [1.54, 1.807) is 34.7 Å². The van der Waals surface area contributed by atoms with Gasteiger partial charge in [0.1, 0.15) is 25.3 Å². The minimum atomic E-state index is -3.66. The van der Waals surface area contributed by atoms with Crippen LogP contribution in [0.15, 0.2) is 147 Å². The summed E-state index contributed by atoms with van der Waals surface area (Å²) in [6.07, 6.45) is 6.19. The Morgan fingerprint density at radius 3 is 0.857 bits per heavy atom. The Balaban J connectivity index is -0.000000185. The Kier molecular flexibility index (Phi) is 49.1. The van der Waals surface area contributed by atoms with E-state index >= 15 is 0 Å². The smallest absolute Gasteiger partial charge is 0.333 e. The van der Waals surface area contributed by atoms with Crippen LogP contribution in [0.1, 0.15) is 41.5 Å². The number of nitrogens with two attached hydrogens (primary N) is 2. The van der Waals surface area contributed by atoms with Crippen molar-refractivity contribution >= 4 is 32.0 Å². The van der Waals surface area contributed by atoms with Gasteiger partial charge < -0.3 is 20.2 Å². The maximum atomic E-state index is 9.56. The second-order valence-electron chi connectivity index (χ2n) is 8.03. The van der Waals surface area contributed by atoms with Crippen LogP contribution >= 0.6 is 0 Å². The molecule has 0 saturated carbocycles. The average molecular weight is 963 g/mol. The molecule has 0 atom stereocenters. The third kappa shape index (κ3) is 45.1. The summed E-state index contributed by atoms with van der Waals surface area (Å²) in [6, 6.07) is 44.3. The van der Waals surface area contributed by atoms with Gasteiger partial charge in [-0.2, -0.15) is 89.6 Å². The van der Waals surface area contributed by atoms with Crippen molar-refractivity contribution in [1.82, 2.24) is 29.7 Å². The zero-order chi connectivity index (χ0) is 41.4. The summed E-state index contributed by atoms with van der Waals surface area (Å²) in [5.41, 5.74) is 10.2. The summed E-state index contributed by atoms with van der Waals surface area (Å²) < 4.78 is 48.7. The monoisotopic (exact) mass is 962 g/mol. The van der Waals surface area contributed by atoms with Crippen LogP contribution in [0.3, 0.4) is 0 Å². The fourth-order valence-electron chi connectivity index (χ4n) is 2.43. The van der Waals surface area contributed by atoms with E-state index < -0.39 is 20.6 Å². The molecular weight excluding hydrogens is 910 g/mol. The number of benzene rings is 4. The number of rotatable bonds is 6. The SMILES string of the molecule is CC.CC.CC.COS(N)(=O)=O.COS(N)(=O)=O.[Y].[Y].[c-]1ccccc1.[c-]1ccccc1.c1ccc([N-]n2cnnc2)cc1.c1ccc([N-]n2cnnc2)cc1. The fraction of sp³-hybridized carbons (Fsp3) is 0.222. The number of hydrogen-bond acceptors (Lipinski definition) is 10. The Labute approximate surface area is 384 Å². The van der Waals surface area contributed by atoms with Gasteiger partial charge in [0.2, 0.25) is 0 Å². The van der Waals surface area contributed by atoms with Crippen molar-refractivity contribution in [2.75, 3.05) is 14.2 Å². The molecule has 0 bridgehead atoms. The number of hydrogen-bond donors (Lipinski definition) is 2. The van der Waals surface area contributed by atoms with Gasteiger partial charge in [0.15, 0.2) is 0 Å². The average Bonchev–Trinajstić information content (AvgIpc) is 3.95. The molecule has 56 heavy (non-hydrogen) atoms. The van der Waals surface area contributed by atoms with Crippen LogP contribution in [-0.2, 0) is 94.4 Å². The van der Waals surface area contributed by atoms with E-state index in [4.69, 9.17) is 0 Å². The molecule has 0 spiro atoms. The molecule has 304 valence electrons. The Morgan fingerprint density at radius 1 is 0.482 bits per heavy atom. The largest absolute Gasteiger partial charge is 0.588 e. The van der Waals surface area contributed by atoms with Crippen molar-refractivity contribution in [1.29, 1.82) is 0 Å². The van der Waals surface area contributed by atoms with E-state index in [2.05, 4.69) is 62.0 Å². The third-order valence-electron chi connectivity index (χ3n) is 4.47. The van der Waals surface area contributed by atoms with Crippen LogP contribution < -0.4 is 10.3 Å². The van der Waals surface area contributed by atoms with Crippen LogP contribution in [0.5, 0.6) is 0 Å². The second kappa shape index (κ2) is 44.4. The summed E-state index contributed by atoms with van der Waals surface area (Å²) in [6.45, 7) is 12.0. The van der Waals surface area contributed by atoms with E-state index in [-0.39, 0.29) is 65.4 Å². The van der Waals surface area contributed by atoms with Crippen molar-refractivity contribution in [2.24, 2.45) is 10.3 Å². The molecule has 20 heteroatoms. The molecule has 0 fully saturated rings. The molecular formula is C36H52N10O6S2Y2-4. The molecule has 4 aromatic carbocycles. The molecule has 0 aliphatic heterocycles. The molecule has 0 amide bonds. The van der Waals surface area contributed by atoms with Crippen LogP contribution in [-0.4, -0.2) is 60.8 Å². The van der Waals surface area contributed by atoms with E-state index in [9.17, 15) is 16.8 Å². The molecule has 16 nitrogen and oxygen atoms in total. The molecule has 2 radical (unpaired) electrons. The van der Waals surface area contributed by atoms with Gasteiger partial charge in [-0.25, -0.2) is 10.3 Å². The quantitative estimate of drug-likeness (QED) is 0.159. The first-order valence-corrected chi connectivity index (χ1v) is 19.2. The van der Waals surface area contributed by atoms with Crippen LogP contribution in [0.4, 0.5) is 11.4 Å². The summed E-state index contributed by atoms with van der Waals surface area (Å²) in [7, 11) is -5.33. The molecule has 6 aromatic rings. The van der Waals surface area contributed by atoms with Crippen molar-refractivity contribution in [2.45, 2.75) is 41.5 Å². The van der Waals surface area contributed by atoms with Crippen molar-refractivity contribution < 1.29 is 90.6 Å². The molecule has 0 unspecified atom stereocenters. The Morgan fingerprint density at radius 2 is 0.696 bits per heavy atom. The van der Waals surface area contributed by atoms with Gasteiger partial charge >= 0.3 is 20.6 Å². The molecule has 0 aliphatic carbocycles. The van der Waals surface area contributed by atoms with Crippen molar-refractivity contribution in [3.05, 3.63) is 170 Å². The molecule has 2 aromatic heterocycles. The zero-order valence-corrected chi connectivity index (χ0v) is 40.3. The van der Waals surface area contributed by atoms with Crippen LogP contribution in [0.25, 0.3) is 10.9 Å². The van der Waals surface area contributed by atoms with Crippen LogP contribution in [0.2, 0.25) is 0 Å². The van der Waals surface area contributed by atoms with E-state index in [0.29, 0.717) is 0 Å². The van der Waals surface area contributed by atoms with Crippen LogP contribution in [0, 0.1) is 12.1 Å². The van der Waals surface area contributed by atoms with Gasteiger partial charge in [0, 0.05) is 65.4 Å². The first-order chi connectivity index (χ1) is 26.0. The van der Waals surface area contributed by atoms with Gasteiger partial charge in [-0.15, -0.1) is 31.8 Å². The summed E-state index contributed by atoms with van der Waals surface area (Å²) >= 11 is 0. The first kappa shape index (κ1) is 61.9. The zero-order valence-electron chi connectivity index (χ0n) is 33.0. The fourth-order valence-corrected chi connectivity index (χ4v) is 2.43. The third-order valence-corrected chi connectivity index (χ3v) is 5.40. The summed E-state index contributed by atoms with van der Waals surface area (Å²) in [5.74, 6) is 0. The van der Waals surface area contributed by atoms with Crippen molar-refractivity contribution in [3.8, 4) is 0 Å². The summed E-state index contributed by atoms with van der Waals surface area (Å²) in [4.78, 5) is 0. The van der Waals surface area contributed by atoms with Gasteiger partial charge in [-0.1, -0.05) is 102 Å². The number of nitrogens with zero attached hydrogens (tertiary/aromatic N) is 8. The van der Waals surface area contributed by atoms with Gasteiger partial charge in [-0.3, -0.25) is 8.37 Å². The molecule has 6 rings (SSSR count). The maximum Gasteiger partial charge on any atom is 0.333 e. The Bertz CT molecular complexity index is 1600. The predicted molar refractivity (Wildman–Crippen MR) is 215 cm³/mol. The predicted octanol–water partition coefficient (Wildman–Crippen LogP) is 7.21. The number of aromatic nitrogens is 6. The molecule has 2 heterocycles. The minimum Gasteiger partial charge on any atom is -0.588 e. The second-order valence-corrected chi connectivity index (χ2v) is 10.7. The van der Waals surface area contributed by atoms with Gasteiger partial charge in [0.05, 0.1) is 14.2 Å². The molecule has 0 aliphatic rings. The first-order valence-electron chi connectivity index (χ1n) is 16.2. The van der Waals surface area contributed by atoms with E-state index in [1.165, 1.54) is 0 Å².